The van der Waals surface area contributed by atoms with Gasteiger partial charge in [-0.1, -0.05) is 0 Å². The molecule has 5 nitrogen and oxygen atoms in total. The predicted molar refractivity (Wildman–Crippen MR) is 45.2 cm³/mol. The molecule has 0 saturated heterocycles. The molecule has 0 aliphatic carbocycles. The lowest BCUT2D eigenvalue weighted by atomic mass is 10.3. The van der Waals surface area contributed by atoms with Gasteiger partial charge in [0.05, 0.1) is 6.33 Å². The molecule has 2 aromatic rings. The van der Waals surface area contributed by atoms with Crippen molar-refractivity contribution in [3.8, 4) is 11.4 Å². The number of nitrogens with zero attached hydrogens (tertiary/aromatic N) is 3. The quantitative estimate of drug-likeness (QED) is 0.674. The van der Waals surface area contributed by atoms with Gasteiger partial charge in [0.15, 0.2) is 11.6 Å². The monoisotopic (exact) mass is 181 g/mol. The van der Waals surface area contributed by atoms with Crippen LogP contribution in [0.1, 0.15) is 0 Å². The SMILES string of the molecule is Cn1cnc(-c2[nH]nc(N)c2F)c1. The van der Waals surface area contributed by atoms with Crippen molar-refractivity contribution in [3.63, 3.8) is 0 Å². The molecule has 0 fully saturated rings. The van der Waals surface area contributed by atoms with Gasteiger partial charge in [0, 0.05) is 13.2 Å². The number of H-pyrrole nitrogens is 1. The highest BCUT2D eigenvalue weighted by Crippen LogP contribution is 2.20. The van der Waals surface area contributed by atoms with Crippen molar-refractivity contribution in [2.24, 2.45) is 7.05 Å². The number of aryl methyl sites for hydroxylation is 1. The van der Waals surface area contributed by atoms with E-state index in [2.05, 4.69) is 15.2 Å². The summed E-state index contributed by atoms with van der Waals surface area (Å²) in [7, 11) is 1.80. The molecule has 0 spiro atoms. The fourth-order valence-electron chi connectivity index (χ4n) is 1.05. The minimum atomic E-state index is -0.557. The zero-order chi connectivity index (χ0) is 9.42. The van der Waals surface area contributed by atoms with Crippen LogP contribution in [-0.2, 0) is 7.05 Å². The number of aromatic nitrogens is 4. The molecule has 3 N–H and O–H groups in total. The summed E-state index contributed by atoms with van der Waals surface area (Å²) in [5, 5.41) is 6.01. The molecule has 0 aliphatic rings. The third-order valence-corrected chi connectivity index (χ3v) is 1.69. The van der Waals surface area contributed by atoms with Crippen molar-refractivity contribution in [1.82, 2.24) is 19.7 Å². The summed E-state index contributed by atoms with van der Waals surface area (Å²) < 4.78 is 14.9. The Hall–Kier alpha value is -1.85. The third-order valence-electron chi connectivity index (χ3n) is 1.69. The Balaban J connectivity index is 2.52. The summed E-state index contributed by atoms with van der Waals surface area (Å²) in [6.45, 7) is 0. The van der Waals surface area contributed by atoms with E-state index in [1.54, 1.807) is 24.1 Å². The molecule has 0 aromatic carbocycles. The van der Waals surface area contributed by atoms with E-state index in [0.717, 1.165) is 0 Å². The summed E-state index contributed by atoms with van der Waals surface area (Å²) in [6.07, 6.45) is 3.25. The molecule has 0 saturated carbocycles. The number of nitrogens with two attached hydrogens (primary N) is 1. The number of imidazole rings is 1. The maximum atomic E-state index is 13.2. The van der Waals surface area contributed by atoms with Gasteiger partial charge in [-0.2, -0.15) is 5.10 Å². The van der Waals surface area contributed by atoms with Crippen LogP contribution in [0.25, 0.3) is 11.4 Å². The fraction of sp³-hybridized carbons (Fsp3) is 0.143. The largest absolute Gasteiger partial charge is 0.380 e. The van der Waals surface area contributed by atoms with Crippen LogP contribution in [0.3, 0.4) is 0 Å². The van der Waals surface area contributed by atoms with Crippen LogP contribution in [0.5, 0.6) is 0 Å². The average molecular weight is 181 g/mol. The minimum Gasteiger partial charge on any atom is -0.380 e. The van der Waals surface area contributed by atoms with Gasteiger partial charge in [0.25, 0.3) is 0 Å². The molecular weight excluding hydrogens is 173 g/mol. The van der Waals surface area contributed by atoms with Crippen LogP contribution in [-0.4, -0.2) is 19.7 Å². The van der Waals surface area contributed by atoms with Gasteiger partial charge in [-0.25, -0.2) is 9.37 Å². The van der Waals surface area contributed by atoms with Crippen molar-refractivity contribution < 1.29 is 4.39 Å². The van der Waals surface area contributed by atoms with Crippen LogP contribution in [0.15, 0.2) is 12.5 Å². The Kier molecular flexibility index (Phi) is 1.54. The van der Waals surface area contributed by atoms with Crippen molar-refractivity contribution >= 4 is 5.82 Å². The maximum absolute atomic E-state index is 13.2. The standard InChI is InChI=1S/C7H8FN5/c1-13-2-4(10-3-13)6-5(8)7(9)12-11-6/h2-3H,1H3,(H3,9,11,12). The number of aromatic amines is 1. The van der Waals surface area contributed by atoms with Gasteiger partial charge in [0.1, 0.15) is 11.4 Å². The summed E-state index contributed by atoms with van der Waals surface area (Å²) in [4.78, 5) is 3.96. The zero-order valence-corrected chi connectivity index (χ0v) is 6.95. The summed E-state index contributed by atoms with van der Waals surface area (Å²) >= 11 is 0. The van der Waals surface area contributed by atoms with Crippen molar-refractivity contribution in [2.75, 3.05) is 5.73 Å². The van der Waals surface area contributed by atoms with Crippen LogP contribution in [0.2, 0.25) is 0 Å². The summed E-state index contributed by atoms with van der Waals surface area (Å²) in [6, 6.07) is 0. The highest BCUT2D eigenvalue weighted by molar-refractivity contribution is 5.58. The lowest BCUT2D eigenvalue weighted by Gasteiger charge is -1.89. The van der Waals surface area contributed by atoms with Gasteiger partial charge >= 0.3 is 0 Å². The van der Waals surface area contributed by atoms with E-state index in [1.807, 2.05) is 0 Å². The Morgan fingerprint density at radius 3 is 2.85 bits per heavy atom. The number of anilines is 1. The molecule has 0 radical (unpaired) electrons. The maximum Gasteiger partial charge on any atom is 0.194 e. The van der Waals surface area contributed by atoms with Crippen LogP contribution in [0.4, 0.5) is 10.2 Å². The topological polar surface area (TPSA) is 72.5 Å². The number of nitrogen functional groups attached to an aromatic ring is 1. The van der Waals surface area contributed by atoms with Gasteiger partial charge in [-0.15, -0.1) is 0 Å². The van der Waals surface area contributed by atoms with E-state index in [4.69, 9.17) is 5.73 Å². The Labute approximate surface area is 73.4 Å². The van der Waals surface area contributed by atoms with E-state index in [1.165, 1.54) is 0 Å². The Morgan fingerprint density at radius 2 is 2.38 bits per heavy atom. The molecule has 2 aromatic heterocycles. The lowest BCUT2D eigenvalue weighted by Crippen LogP contribution is -1.87. The van der Waals surface area contributed by atoms with E-state index in [9.17, 15) is 4.39 Å². The van der Waals surface area contributed by atoms with Crippen molar-refractivity contribution in [1.29, 1.82) is 0 Å². The van der Waals surface area contributed by atoms with Crippen LogP contribution >= 0.6 is 0 Å². The Bertz CT molecular complexity index is 430. The zero-order valence-electron chi connectivity index (χ0n) is 6.95. The van der Waals surface area contributed by atoms with Crippen molar-refractivity contribution in [2.45, 2.75) is 0 Å². The lowest BCUT2D eigenvalue weighted by molar-refractivity contribution is 0.636. The highest BCUT2D eigenvalue weighted by atomic mass is 19.1. The van der Waals surface area contributed by atoms with E-state index in [0.29, 0.717) is 5.69 Å². The molecule has 2 heterocycles. The molecule has 13 heavy (non-hydrogen) atoms. The van der Waals surface area contributed by atoms with Gasteiger partial charge in [-0.05, 0) is 0 Å². The summed E-state index contributed by atoms with van der Waals surface area (Å²) in [5.74, 6) is -0.695. The van der Waals surface area contributed by atoms with Gasteiger partial charge < -0.3 is 10.3 Å². The first-order chi connectivity index (χ1) is 6.18. The molecule has 0 atom stereocenters. The third kappa shape index (κ3) is 1.16. The van der Waals surface area contributed by atoms with Gasteiger partial charge in [-0.3, -0.25) is 5.10 Å². The number of nitrogens with one attached hydrogen (secondary N) is 1. The molecular formula is C7H8FN5. The first kappa shape index (κ1) is 7.78. The highest BCUT2D eigenvalue weighted by Gasteiger charge is 2.13. The second kappa shape index (κ2) is 2.58. The minimum absolute atomic E-state index is 0.138. The Morgan fingerprint density at radius 1 is 1.62 bits per heavy atom. The fourth-order valence-corrected chi connectivity index (χ4v) is 1.05. The second-order valence-electron chi connectivity index (χ2n) is 2.72. The van der Waals surface area contributed by atoms with Gasteiger partial charge in [0.2, 0.25) is 0 Å². The molecule has 0 amide bonds. The molecule has 0 aliphatic heterocycles. The molecule has 0 unspecified atom stereocenters. The average Bonchev–Trinajstić information content (AvgIpc) is 2.62. The molecule has 6 heteroatoms. The first-order valence-corrected chi connectivity index (χ1v) is 3.66. The van der Waals surface area contributed by atoms with E-state index < -0.39 is 5.82 Å². The first-order valence-electron chi connectivity index (χ1n) is 3.66. The number of hydrogen-bond donors (Lipinski definition) is 2. The number of halogens is 1. The van der Waals surface area contributed by atoms with Crippen molar-refractivity contribution in [3.05, 3.63) is 18.3 Å². The number of hydrogen-bond acceptors (Lipinski definition) is 3. The second-order valence-corrected chi connectivity index (χ2v) is 2.72. The van der Waals surface area contributed by atoms with Crippen LogP contribution in [0, 0.1) is 5.82 Å². The van der Waals surface area contributed by atoms with Crippen LogP contribution < -0.4 is 5.73 Å². The smallest absolute Gasteiger partial charge is 0.194 e. The summed E-state index contributed by atoms with van der Waals surface area (Å²) in [5.41, 5.74) is 5.94. The van der Waals surface area contributed by atoms with E-state index >= 15 is 0 Å². The molecule has 2 rings (SSSR count). The molecule has 0 bridgehead atoms. The molecule has 68 valence electrons. The van der Waals surface area contributed by atoms with E-state index in [-0.39, 0.29) is 11.5 Å². The number of rotatable bonds is 1. The predicted octanol–water partition coefficient (Wildman–Crippen LogP) is 0.531. The normalized spacial score (nSPS) is 10.6.